The van der Waals surface area contributed by atoms with Crippen molar-refractivity contribution in [2.75, 3.05) is 31.1 Å². The van der Waals surface area contributed by atoms with Crippen molar-refractivity contribution in [1.82, 2.24) is 19.3 Å². The second kappa shape index (κ2) is 6.22. The highest BCUT2D eigenvalue weighted by Crippen LogP contribution is 2.22. The van der Waals surface area contributed by atoms with Crippen LogP contribution in [0.1, 0.15) is 5.69 Å². The third kappa shape index (κ3) is 2.97. The number of piperazine rings is 1. The molecular formula is C16H17N5O4S. The number of aryl methyl sites for hydroxylation is 1. The van der Waals surface area contributed by atoms with E-state index in [2.05, 4.69) is 15.0 Å². The maximum absolute atomic E-state index is 12.9. The predicted molar refractivity (Wildman–Crippen MR) is 94.6 cm³/mol. The van der Waals surface area contributed by atoms with E-state index in [0.29, 0.717) is 31.7 Å². The number of sulfonamides is 1. The van der Waals surface area contributed by atoms with Crippen LogP contribution in [-0.4, -0.2) is 53.9 Å². The highest BCUT2D eigenvalue weighted by molar-refractivity contribution is 7.89. The number of aromatic amines is 1. The van der Waals surface area contributed by atoms with E-state index in [-0.39, 0.29) is 10.5 Å². The number of oxazole rings is 1. The van der Waals surface area contributed by atoms with Gasteiger partial charge < -0.3 is 9.32 Å². The van der Waals surface area contributed by atoms with Crippen molar-refractivity contribution in [3.8, 4) is 0 Å². The first-order valence-corrected chi connectivity index (χ1v) is 9.54. The zero-order valence-electron chi connectivity index (χ0n) is 14.0. The summed E-state index contributed by atoms with van der Waals surface area (Å²) in [5, 5.41) is 0. The summed E-state index contributed by atoms with van der Waals surface area (Å²) in [6, 6.07) is 6.27. The number of benzene rings is 1. The van der Waals surface area contributed by atoms with Crippen molar-refractivity contribution < 1.29 is 12.8 Å². The van der Waals surface area contributed by atoms with E-state index in [0.717, 1.165) is 11.5 Å². The van der Waals surface area contributed by atoms with Crippen LogP contribution in [0.25, 0.3) is 11.1 Å². The normalized spacial score (nSPS) is 16.3. The van der Waals surface area contributed by atoms with Crippen LogP contribution in [0.5, 0.6) is 0 Å². The molecule has 0 amide bonds. The molecule has 1 aliphatic rings. The summed E-state index contributed by atoms with van der Waals surface area (Å²) in [5.41, 5.74) is 1.57. The van der Waals surface area contributed by atoms with E-state index >= 15 is 0 Å². The number of aromatic nitrogens is 3. The Morgan fingerprint density at radius 2 is 1.88 bits per heavy atom. The second-order valence-corrected chi connectivity index (χ2v) is 8.02. The summed E-state index contributed by atoms with van der Waals surface area (Å²) in [4.78, 5) is 24.2. The number of nitrogens with one attached hydrogen (secondary N) is 1. The summed E-state index contributed by atoms with van der Waals surface area (Å²) < 4.78 is 32.2. The molecule has 0 bridgehead atoms. The van der Waals surface area contributed by atoms with Gasteiger partial charge in [-0.3, -0.25) is 4.98 Å². The maximum atomic E-state index is 12.9. The van der Waals surface area contributed by atoms with Gasteiger partial charge in [-0.25, -0.2) is 23.2 Å². The van der Waals surface area contributed by atoms with Gasteiger partial charge in [0.2, 0.25) is 10.0 Å². The molecule has 0 unspecified atom stereocenters. The molecule has 1 saturated heterocycles. The molecule has 26 heavy (non-hydrogen) atoms. The van der Waals surface area contributed by atoms with Gasteiger partial charge in [-0.05, 0) is 19.1 Å². The Bertz CT molecular complexity index is 1110. The Morgan fingerprint density at radius 3 is 2.62 bits per heavy atom. The summed E-state index contributed by atoms with van der Waals surface area (Å²) in [6.07, 6.45) is 1.51. The molecule has 3 aromatic rings. The highest BCUT2D eigenvalue weighted by Gasteiger charge is 2.29. The summed E-state index contributed by atoms with van der Waals surface area (Å²) in [7, 11) is -3.66. The van der Waals surface area contributed by atoms with Crippen molar-refractivity contribution >= 4 is 26.9 Å². The lowest BCUT2D eigenvalue weighted by Crippen LogP contribution is -2.48. The molecule has 136 valence electrons. The fraction of sp³-hybridized carbons (Fsp3) is 0.312. The largest absolute Gasteiger partial charge is 0.417 e. The number of hydrogen-bond donors (Lipinski definition) is 1. The van der Waals surface area contributed by atoms with Gasteiger partial charge in [-0.15, -0.1) is 0 Å². The van der Waals surface area contributed by atoms with Crippen LogP contribution in [0, 0.1) is 6.92 Å². The number of anilines is 1. The highest BCUT2D eigenvalue weighted by atomic mass is 32.2. The SMILES string of the molecule is Cc1cc(N2CCN(S(=O)(=O)c3ccc4[nH]c(=O)oc4c3)CC2)ncn1. The van der Waals surface area contributed by atoms with Gasteiger partial charge in [0.1, 0.15) is 12.1 Å². The summed E-state index contributed by atoms with van der Waals surface area (Å²) >= 11 is 0. The molecule has 0 saturated carbocycles. The van der Waals surface area contributed by atoms with Crippen molar-refractivity contribution in [3.05, 3.63) is 46.8 Å². The van der Waals surface area contributed by atoms with Crippen molar-refractivity contribution in [3.63, 3.8) is 0 Å². The van der Waals surface area contributed by atoms with E-state index in [1.54, 1.807) is 0 Å². The lowest BCUT2D eigenvalue weighted by atomic mass is 10.3. The topological polar surface area (TPSA) is 112 Å². The lowest BCUT2D eigenvalue weighted by molar-refractivity contribution is 0.383. The first-order chi connectivity index (χ1) is 12.4. The molecule has 10 heteroatoms. The summed E-state index contributed by atoms with van der Waals surface area (Å²) in [5.74, 6) is 0.188. The standard InChI is InChI=1S/C16H17N5O4S/c1-11-8-15(18-10-17-11)20-4-6-21(7-5-20)26(23,24)12-2-3-13-14(9-12)25-16(22)19-13/h2-3,8-10H,4-7H2,1H3,(H,19,22). The molecule has 4 rings (SSSR count). The van der Waals surface area contributed by atoms with Gasteiger partial charge in [-0.1, -0.05) is 0 Å². The Labute approximate surface area is 149 Å². The van der Waals surface area contributed by atoms with Crippen LogP contribution in [0.2, 0.25) is 0 Å². The minimum absolute atomic E-state index is 0.110. The number of rotatable bonds is 3. The average Bonchev–Trinajstić information content (AvgIpc) is 3.01. The minimum atomic E-state index is -3.66. The van der Waals surface area contributed by atoms with Crippen LogP contribution in [-0.2, 0) is 10.0 Å². The molecule has 0 aliphatic carbocycles. The molecule has 2 aromatic heterocycles. The van der Waals surface area contributed by atoms with Crippen molar-refractivity contribution in [2.24, 2.45) is 0 Å². The smallest absolute Gasteiger partial charge is 0.408 e. The zero-order chi connectivity index (χ0) is 18.3. The second-order valence-electron chi connectivity index (χ2n) is 6.08. The molecule has 1 aromatic carbocycles. The Balaban J connectivity index is 1.54. The van der Waals surface area contributed by atoms with E-state index in [9.17, 15) is 13.2 Å². The van der Waals surface area contributed by atoms with Crippen LogP contribution in [0.4, 0.5) is 5.82 Å². The van der Waals surface area contributed by atoms with Gasteiger partial charge in [0.05, 0.1) is 10.4 Å². The predicted octanol–water partition coefficient (Wildman–Crippen LogP) is 0.730. The van der Waals surface area contributed by atoms with Gasteiger partial charge in [-0.2, -0.15) is 4.31 Å². The molecule has 0 atom stereocenters. The molecule has 1 aliphatic heterocycles. The number of fused-ring (bicyclic) bond motifs is 1. The quantitative estimate of drug-likeness (QED) is 0.718. The molecular weight excluding hydrogens is 358 g/mol. The molecule has 3 heterocycles. The Kier molecular flexibility index (Phi) is 4.00. The Hall–Kier alpha value is -2.72. The van der Waals surface area contributed by atoms with Crippen LogP contribution >= 0.6 is 0 Å². The van der Waals surface area contributed by atoms with Gasteiger partial charge in [0.15, 0.2) is 5.58 Å². The van der Waals surface area contributed by atoms with E-state index in [1.807, 2.05) is 17.9 Å². The molecule has 1 fully saturated rings. The van der Waals surface area contributed by atoms with Crippen LogP contribution in [0.3, 0.4) is 0 Å². The van der Waals surface area contributed by atoms with Gasteiger partial charge in [0, 0.05) is 44.0 Å². The van der Waals surface area contributed by atoms with E-state index < -0.39 is 15.8 Å². The van der Waals surface area contributed by atoms with Crippen molar-refractivity contribution in [2.45, 2.75) is 11.8 Å². The first kappa shape index (κ1) is 16.7. The molecule has 0 spiro atoms. The summed E-state index contributed by atoms with van der Waals surface area (Å²) in [6.45, 7) is 3.66. The molecule has 0 radical (unpaired) electrons. The van der Waals surface area contributed by atoms with Gasteiger partial charge in [0.25, 0.3) is 0 Å². The maximum Gasteiger partial charge on any atom is 0.417 e. The number of hydrogen-bond acceptors (Lipinski definition) is 7. The third-order valence-electron chi connectivity index (χ3n) is 4.38. The monoisotopic (exact) mass is 375 g/mol. The van der Waals surface area contributed by atoms with Gasteiger partial charge >= 0.3 is 5.76 Å². The average molecular weight is 375 g/mol. The zero-order valence-corrected chi connectivity index (χ0v) is 14.9. The fourth-order valence-corrected chi connectivity index (χ4v) is 4.44. The third-order valence-corrected chi connectivity index (χ3v) is 6.28. The fourth-order valence-electron chi connectivity index (χ4n) is 3.01. The minimum Gasteiger partial charge on any atom is -0.408 e. The van der Waals surface area contributed by atoms with Crippen molar-refractivity contribution in [1.29, 1.82) is 0 Å². The Morgan fingerprint density at radius 1 is 1.12 bits per heavy atom. The first-order valence-electron chi connectivity index (χ1n) is 8.10. The molecule has 1 N–H and O–H groups in total. The lowest BCUT2D eigenvalue weighted by Gasteiger charge is -2.34. The van der Waals surface area contributed by atoms with E-state index in [1.165, 1.54) is 28.8 Å². The van der Waals surface area contributed by atoms with E-state index in [4.69, 9.17) is 4.42 Å². The van der Waals surface area contributed by atoms with Crippen LogP contribution < -0.4 is 10.7 Å². The molecule has 9 nitrogen and oxygen atoms in total. The number of nitrogens with zero attached hydrogens (tertiary/aromatic N) is 4. The number of H-pyrrole nitrogens is 1. The van der Waals surface area contributed by atoms with Crippen LogP contribution in [0.15, 0.2) is 44.7 Å².